The van der Waals surface area contributed by atoms with Gasteiger partial charge in [0.2, 0.25) is 0 Å². The number of fused-ring (bicyclic) bond motifs is 1. The Morgan fingerprint density at radius 2 is 1.91 bits per heavy atom. The maximum Gasteiger partial charge on any atom is 0.410 e. The lowest BCUT2D eigenvalue weighted by Crippen LogP contribution is -2.38. The third kappa shape index (κ3) is 4.59. The maximum absolute atomic E-state index is 12.2. The average Bonchev–Trinajstić information content (AvgIpc) is 2.58. The van der Waals surface area contributed by atoms with Crippen LogP contribution < -0.4 is 11.1 Å². The Hall–Kier alpha value is -1.82. The molecule has 6 heteroatoms. The van der Waals surface area contributed by atoms with Crippen molar-refractivity contribution in [1.29, 1.82) is 0 Å². The second kappa shape index (κ2) is 6.52. The predicted molar refractivity (Wildman–Crippen MR) is 92.1 cm³/mol. The van der Waals surface area contributed by atoms with Crippen LogP contribution in [0.4, 0.5) is 10.5 Å². The fourth-order valence-corrected chi connectivity index (χ4v) is 2.57. The summed E-state index contributed by atoms with van der Waals surface area (Å²) in [5, 5.41) is 3.20. The first kappa shape index (κ1) is 16.5. The zero-order chi connectivity index (χ0) is 16.3. The molecule has 1 aromatic carbocycles. The van der Waals surface area contributed by atoms with E-state index in [-0.39, 0.29) is 11.2 Å². The van der Waals surface area contributed by atoms with Crippen LogP contribution in [0.15, 0.2) is 18.2 Å². The number of hydrogen-bond donors (Lipinski definition) is 2. The monoisotopic (exact) mass is 321 g/mol. The van der Waals surface area contributed by atoms with Crippen molar-refractivity contribution in [3.05, 3.63) is 29.3 Å². The summed E-state index contributed by atoms with van der Waals surface area (Å²) >= 11 is 4.86. The number of amides is 1. The minimum Gasteiger partial charge on any atom is -0.444 e. The summed E-state index contributed by atoms with van der Waals surface area (Å²) in [5.41, 5.74) is 8.39. The SMILES string of the molecule is CC(C)(C)OC(=O)N1CCc2ccc(NC(N)=S)cc2CC1. The number of nitrogens with one attached hydrogen (secondary N) is 1. The Morgan fingerprint density at radius 1 is 1.27 bits per heavy atom. The maximum atomic E-state index is 12.2. The molecule has 0 saturated carbocycles. The number of rotatable bonds is 1. The van der Waals surface area contributed by atoms with Crippen molar-refractivity contribution in [1.82, 2.24) is 4.90 Å². The Balaban J connectivity index is 2.06. The van der Waals surface area contributed by atoms with E-state index in [2.05, 4.69) is 11.4 Å². The van der Waals surface area contributed by atoms with E-state index in [9.17, 15) is 4.79 Å². The molecule has 0 aliphatic carbocycles. The second-order valence-electron chi connectivity index (χ2n) is 6.44. The van der Waals surface area contributed by atoms with Crippen molar-refractivity contribution in [2.75, 3.05) is 18.4 Å². The normalized spacial score (nSPS) is 14.8. The molecule has 0 radical (unpaired) electrons. The van der Waals surface area contributed by atoms with Gasteiger partial charge in [0.15, 0.2) is 5.11 Å². The highest BCUT2D eigenvalue weighted by Crippen LogP contribution is 2.21. The van der Waals surface area contributed by atoms with Gasteiger partial charge in [0.1, 0.15) is 5.60 Å². The molecule has 120 valence electrons. The highest BCUT2D eigenvalue weighted by Gasteiger charge is 2.24. The van der Waals surface area contributed by atoms with Gasteiger partial charge in [-0.2, -0.15) is 0 Å². The number of nitrogens with zero attached hydrogens (tertiary/aromatic N) is 1. The van der Waals surface area contributed by atoms with Gasteiger partial charge in [0.25, 0.3) is 0 Å². The molecule has 0 saturated heterocycles. The average molecular weight is 321 g/mol. The highest BCUT2D eigenvalue weighted by atomic mass is 32.1. The van der Waals surface area contributed by atoms with Crippen LogP contribution in [0.5, 0.6) is 0 Å². The Morgan fingerprint density at radius 3 is 2.50 bits per heavy atom. The first-order valence-corrected chi connectivity index (χ1v) is 7.81. The number of anilines is 1. The molecule has 3 N–H and O–H groups in total. The Kier molecular flexibility index (Phi) is 4.90. The first-order chi connectivity index (χ1) is 10.2. The summed E-state index contributed by atoms with van der Waals surface area (Å²) in [6.07, 6.45) is 1.37. The largest absolute Gasteiger partial charge is 0.444 e. The summed E-state index contributed by atoms with van der Waals surface area (Å²) in [4.78, 5) is 14.0. The molecule has 1 aromatic rings. The minimum atomic E-state index is -0.468. The molecule has 0 unspecified atom stereocenters. The van der Waals surface area contributed by atoms with Gasteiger partial charge in [-0.05, 0) is 69.1 Å². The standard InChI is InChI=1S/C16H23N3O2S/c1-16(2,3)21-15(20)19-8-6-11-4-5-13(18-14(17)22)10-12(11)7-9-19/h4-5,10H,6-9H2,1-3H3,(H3,17,18,22). The van der Waals surface area contributed by atoms with Crippen LogP contribution >= 0.6 is 12.2 Å². The Bertz CT molecular complexity index is 581. The first-order valence-electron chi connectivity index (χ1n) is 7.41. The molecule has 1 aliphatic rings. The molecule has 0 atom stereocenters. The van der Waals surface area contributed by atoms with E-state index in [1.54, 1.807) is 4.90 Å². The number of carbonyl (C=O) groups excluding carboxylic acids is 1. The number of ether oxygens (including phenoxy) is 1. The van der Waals surface area contributed by atoms with Gasteiger partial charge in [0, 0.05) is 18.8 Å². The van der Waals surface area contributed by atoms with E-state index in [0.717, 1.165) is 18.5 Å². The second-order valence-corrected chi connectivity index (χ2v) is 6.88. The third-order valence-electron chi connectivity index (χ3n) is 3.43. The van der Waals surface area contributed by atoms with Crippen LogP contribution in [0.1, 0.15) is 31.9 Å². The van der Waals surface area contributed by atoms with Gasteiger partial charge in [0.05, 0.1) is 0 Å². The molecule has 0 aromatic heterocycles. The lowest BCUT2D eigenvalue weighted by atomic mass is 10.0. The topological polar surface area (TPSA) is 67.6 Å². The fraction of sp³-hybridized carbons (Fsp3) is 0.500. The van der Waals surface area contributed by atoms with E-state index in [4.69, 9.17) is 22.7 Å². The molecule has 1 amide bonds. The van der Waals surface area contributed by atoms with Crippen molar-refractivity contribution < 1.29 is 9.53 Å². The summed E-state index contributed by atoms with van der Waals surface area (Å²) < 4.78 is 5.45. The molecule has 1 heterocycles. The number of hydrogen-bond acceptors (Lipinski definition) is 3. The molecule has 5 nitrogen and oxygen atoms in total. The van der Waals surface area contributed by atoms with Crippen molar-refractivity contribution >= 4 is 29.1 Å². The van der Waals surface area contributed by atoms with E-state index >= 15 is 0 Å². The van der Waals surface area contributed by atoms with Gasteiger partial charge < -0.3 is 20.7 Å². The van der Waals surface area contributed by atoms with E-state index in [0.29, 0.717) is 13.1 Å². The lowest BCUT2D eigenvalue weighted by Gasteiger charge is -2.26. The summed E-state index contributed by atoms with van der Waals surface area (Å²) in [6.45, 7) is 6.96. The molecule has 2 rings (SSSR count). The minimum absolute atomic E-state index is 0.248. The van der Waals surface area contributed by atoms with Crippen LogP contribution in [-0.4, -0.2) is 34.8 Å². The summed E-state index contributed by atoms with van der Waals surface area (Å²) in [6, 6.07) is 6.07. The molecule has 0 spiro atoms. The van der Waals surface area contributed by atoms with Crippen molar-refractivity contribution in [2.24, 2.45) is 5.73 Å². The van der Waals surface area contributed by atoms with Crippen molar-refractivity contribution in [3.8, 4) is 0 Å². The van der Waals surface area contributed by atoms with Crippen LogP contribution in [0, 0.1) is 0 Å². The summed E-state index contributed by atoms with van der Waals surface area (Å²) in [5.74, 6) is 0. The zero-order valence-electron chi connectivity index (χ0n) is 13.3. The van der Waals surface area contributed by atoms with Crippen LogP contribution in [-0.2, 0) is 17.6 Å². The van der Waals surface area contributed by atoms with E-state index in [1.165, 1.54) is 11.1 Å². The van der Waals surface area contributed by atoms with Gasteiger partial charge in [-0.15, -0.1) is 0 Å². The van der Waals surface area contributed by atoms with Crippen molar-refractivity contribution in [2.45, 2.75) is 39.2 Å². The molecular weight excluding hydrogens is 298 g/mol. The van der Waals surface area contributed by atoms with Crippen molar-refractivity contribution in [3.63, 3.8) is 0 Å². The quantitative estimate of drug-likeness (QED) is 0.779. The van der Waals surface area contributed by atoms with Gasteiger partial charge in [-0.1, -0.05) is 6.07 Å². The smallest absolute Gasteiger partial charge is 0.410 e. The number of nitrogens with two attached hydrogens (primary N) is 1. The zero-order valence-corrected chi connectivity index (χ0v) is 14.1. The Labute approximate surface area is 136 Å². The molecule has 22 heavy (non-hydrogen) atoms. The number of carbonyl (C=O) groups is 1. The molecule has 0 fully saturated rings. The highest BCUT2D eigenvalue weighted by molar-refractivity contribution is 7.80. The van der Waals surface area contributed by atoms with Crippen LogP contribution in [0.3, 0.4) is 0 Å². The fourth-order valence-electron chi connectivity index (χ4n) is 2.45. The van der Waals surface area contributed by atoms with Gasteiger partial charge in [-0.25, -0.2) is 4.79 Å². The van der Waals surface area contributed by atoms with Gasteiger partial charge in [-0.3, -0.25) is 0 Å². The van der Waals surface area contributed by atoms with E-state index < -0.39 is 5.60 Å². The van der Waals surface area contributed by atoms with Gasteiger partial charge >= 0.3 is 6.09 Å². The number of thiocarbonyl (C=S) groups is 1. The lowest BCUT2D eigenvalue weighted by molar-refractivity contribution is 0.0258. The van der Waals surface area contributed by atoms with Crippen LogP contribution in [0.25, 0.3) is 0 Å². The predicted octanol–water partition coefficient (Wildman–Crippen LogP) is 2.68. The number of benzene rings is 1. The summed E-state index contributed by atoms with van der Waals surface area (Å²) in [7, 11) is 0. The third-order valence-corrected chi connectivity index (χ3v) is 3.53. The van der Waals surface area contributed by atoms with E-state index in [1.807, 2.05) is 32.9 Å². The molecule has 0 bridgehead atoms. The molecule has 1 aliphatic heterocycles. The molecular formula is C16H23N3O2S. The van der Waals surface area contributed by atoms with Crippen LogP contribution in [0.2, 0.25) is 0 Å².